The summed E-state index contributed by atoms with van der Waals surface area (Å²) in [6.07, 6.45) is 0.438. The first-order valence-electron chi connectivity index (χ1n) is 8.28. The molecule has 0 unspecified atom stereocenters. The smallest absolute Gasteiger partial charge is 0.258 e. The maximum Gasteiger partial charge on any atom is 0.258 e. The normalized spacial score (nSPS) is 11.3. The van der Waals surface area contributed by atoms with E-state index in [1.54, 1.807) is 24.3 Å². The minimum atomic E-state index is -0.587. The number of amides is 2. The van der Waals surface area contributed by atoms with Gasteiger partial charge in [-0.2, -0.15) is 0 Å². The Balaban J connectivity index is 1.86. The molecule has 2 rings (SSSR count). The molecule has 6 heteroatoms. The van der Waals surface area contributed by atoms with Crippen LogP contribution in [0.4, 0.5) is 5.69 Å². The second-order valence-corrected chi connectivity index (χ2v) is 5.91. The quantitative estimate of drug-likeness (QED) is 0.762. The molecule has 2 aromatic carbocycles. The van der Waals surface area contributed by atoms with Gasteiger partial charge in [0, 0.05) is 12.6 Å². The summed E-state index contributed by atoms with van der Waals surface area (Å²) in [5, 5.41) is 5.35. The van der Waals surface area contributed by atoms with E-state index in [-0.39, 0.29) is 24.2 Å². The Kier molecular flexibility index (Phi) is 6.91. The van der Waals surface area contributed by atoms with Crippen LogP contribution < -0.4 is 15.4 Å². The minimum absolute atomic E-state index is 0.109. The number of hydrogen-bond donors (Lipinski definition) is 2. The van der Waals surface area contributed by atoms with E-state index in [4.69, 9.17) is 4.74 Å². The fourth-order valence-corrected chi connectivity index (χ4v) is 2.37. The zero-order valence-electron chi connectivity index (χ0n) is 14.8. The predicted molar refractivity (Wildman–Crippen MR) is 99.0 cm³/mol. The number of carbonyl (C=O) groups is 3. The van der Waals surface area contributed by atoms with Crippen molar-refractivity contribution in [1.29, 1.82) is 0 Å². The maximum atomic E-state index is 12.1. The number of hydrogen-bond acceptors (Lipinski definition) is 4. The SMILES string of the molecule is CC(=O)Nc1ccc(OCC(=O)N[C@H](Cc2ccccc2)C(C)=O)cc1. The van der Waals surface area contributed by atoms with Gasteiger partial charge in [0.25, 0.3) is 5.91 Å². The Labute approximate surface area is 152 Å². The van der Waals surface area contributed by atoms with Gasteiger partial charge >= 0.3 is 0 Å². The Morgan fingerprint density at radius 3 is 2.19 bits per heavy atom. The van der Waals surface area contributed by atoms with Crippen LogP contribution in [-0.2, 0) is 20.8 Å². The number of rotatable bonds is 8. The number of ether oxygens (including phenoxy) is 1. The lowest BCUT2D eigenvalue weighted by Gasteiger charge is -2.16. The molecule has 1 atom stereocenters. The number of carbonyl (C=O) groups excluding carboxylic acids is 3. The highest BCUT2D eigenvalue weighted by Gasteiger charge is 2.17. The molecular formula is C20H22N2O4. The average molecular weight is 354 g/mol. The summed E-state index contributed by atoms with van der Waals surface area (Å²) in [5.41, 5.74) is 1.62. The van der Waals surface area contributed by atoms with E-state index >= 15 is 0 Å². The highest BCUT2D eigenvalue weighted by Crippen LogP contribution is 2.15. The van der Waals surface area contributed by atoms with Gasteiger partial charge in [0.2, 0.25) is 5.91 Å². The highest BCUT2D eigenvalue weighted by atomic mass is 16.5. The van der Waals surface area contributed by atoms with E-state index in [1.807, 2.05) is 30.3 Å². The zero-order valence-corrected chi connectivity index (χ0v) is 14.8. The van der Waals surface area contributed by atoms with E-state index in [2.05, 4.69) is 10.6 Å². The Bertz CT molecular complexity index is 757. The van der Waals surface area contributed by atoms with Crippen molar-refractivity contribution < 1.29 is 19.1 Å². The van der Waals surface area contributed by atoms with Crippen LogP contribution in [0.2, 0.25) is 0 Å². The lowest BCUT2D eigenvalue weighted by atomic mass is 10.0. The second kappa shape index (κ2) is 9.36. The Morgan fingerprint density at radius 1 is 0.962 bits per heavy atom. The molecule has 0 saturated heterocycles. The fourth-order valence-electron chi connectivity index (χ4n) is 2.37. The van der Waals surface area contributed by atoms with E-state index < -0.39 is 6.04 Å². The van der Waals surface area contributed by atoms with Gasteiger partial charge in [-0.15, -0.1) is 0 Å². The molecule has 0 spiro atoms. The molecule has 6 nitrogen and oxygen atoms in total. The monoisotopic (exact) mass is 354 g/mol. The van der Waals surface area contributed by atoms with Crippen LogP contribution in [-0.4, -0.2) is 30.2 Å². The Hall–Kier alpha value is -3.15. The van der Waals surface area contributed by atoms with Crippen LogP contribution in [0.1, 0.15) is 19.4 Å². The Morgan fingerprint density at radius 2 is 1.62 bits per heavy atom. The second-order valence-electron chi connectivity index (χ2n) is 5.91. The van der Waals surface area contributed by atoms with Gasteiger partial charge in [0.1, 0.15) is 5.75 Å². The van der Waals surface area contributed by atoms with Gasteiger partial charge in [-0.1, -0.05) is 30.3 Å². The molecule has 0 aromatic heterocycles. The number of benzene rings is 2. The first kappa shape index (κ1) is 19.2. The van der Waals surface area contributed by atoms with Crippen molar-refractivity contribution >= 4 is 23.3 Å². The summed E-state index contributed by atoms with van der Waals surface area (Å²) in [5.74, 6) is -0.141. The average Bonchev–Trinajstić information content (AvgIpc) is 2.61. The molecule has 2 aromatic rings. The van der Waals surface area contributed by atoms with E-state index in [9.17, 15) is 14.4 Å². The molecule has 2 N–H and O–H groups in total. The van der Waals surface area contributed by atoms with Gasteiger partial charge in [-0.3, -0.25) is 14.4 Å². The number of anilines is 1. The molecule has 0 aliphatic heterocycles. The highest BCUT2D eigenvalue weighted by molar-refractivity contribution is 5.89. The molecule has 0 bridgehead atoms. The zero-order chi connectivity index (χ0) is 18.9. The predicted octanol–water partition coefficient (Wildman–Crippen LogP) is 2.34. The standard InChI is InChI=1S/C20H22N2O4/c1-14(23)19(12-16-6-4-3-5-7-16)22-20(25)13-26-18-10-8-17(9-11-18)21-15(2)24/h3-11,19H,12-13H2,1-2H3,(H,21,24)(H,22,25)/t19-/m1/s1. The molecule has 0 saturated carbocycles. The number of nitrogens with one attached hydrogen (secondary N) is 2. The van der Waals surface area contributed by atoms with Crippen molar-refractivity contribution in [3.8, 4) is 5.75 Å². The van der Waals surface area contributed by atoms with E-state index in [0.29, 0.717) is 17.9 Å². The van der Waals surface area contributed by atoms with Crippen molar-refractivity contribution in [2.45, 2.75) is 26.3 Å². The van der Waals surface area contributed by atoms with Crippen molar-refractivity contribution in [2.75, 3.05) is 11.9 Å². The molecule has 26 heavy (non-hydrogen) atoms. The molecule has 0 aliphatic carbocycles. The lowest BCUT2D eigenvalue weighted by Crippen LogP contribution is -2.43. The summed E-state index contributed by atoms with van der Waals surface area (Å²) < 4.78 is 5.42. The van der Waals surface area contributed by atoms with Crippen LogP contribution in [0.5, 0.6) is 5.75 Å². The molecule has 0 heterocycles. The lowest BCUT2D eigenvalue weighted by molar-refractivity contribution is -0.128. The first-order valence-corrected chi connectivity index (χ1v) is 8.28. The molecule has 0 radical (unpaired) electrons. The van der Waals surface area contributed by atoms with E-state index in [1.165, 1.54) is 13.8 Å². The van der Waals surface area contributed by atoms with Crippen molar-refractivity contribution in [2.24, 2.45) is 0 Å². The molecule has 2 amide bonds. The number of ketones is 1. The maximum absolute atomic E-state index is 12.1. The van der Waals surface area contributed by atoms with Crippen LogP contribution in [0.3, 0.4) is 0 Å². The molecular weight excluding hydrogens is 332 g/mol. The summed E-state index contributed by atoms with van der Waals surface area (Å²) in [7, 11) is 0. The minimum Gasteiger partial charge on any atom is -0.484 e. The van der Waals surface area contributed by atoms with Gasteiger partial charge in [-0.05, 0) is 43.2 Å². The third-order valence-electron chi connectivity index (χ3n) is 3.65. The largest absolute Gasteiger partial charge is 0.484 e. The van der Waals surface area contributed by atoms with Gasteiger partial charge in [0.05, 0.1) is 6.04 Å². The van der Waals surface area contributed by atoms with Gasteiger partial charge < -0.3 is 15.4 Å². The summed E-state index contributed by atoms with van der Waals surface area (Å²) in [6.45, 7) is 2.68. The third-order valence-corrected chi connectivity index (χ3v) is 3.65. The summed E-state index contributed by atoms with van der Waals surface area (Å²) in [4.78, 5) is 34.9. The topological polar surface area (TPSA) is 84.5 Å². The fraction of sp³-hybridized carbons (Fsp3) is 0.250. The van der Waals surface area contributed by atoms with Gasteiger partial charge in [0.15, 0.2) is 12.4 Å². The molecule has 0 fully saturated rings. The van der Waals surface area contributed by atoms with Crippen molar-refractivity contribution in [3.63, 3.8) is 0 Å². The van der Waals surface area contributed by atoms with Crippen LogP contribution in [0.15, 0.2) is 54.6 Å². The molecule has 0 aliphatic rings. The number of Topliss-reactive ketones (excluding diaryl/α,β-unsaturated/α-hetero) is 1. The van der Waals surface area contributed by atoms with Crippen molar-refractivity contribution in [1.82, 2.24) is 5.32 Å². The summed E-state index contributed by atoms with van der Waals surface area (Å²) >= 11 is 0. The van der Waals surface area contributed by atoms with Crippen molar-refractivity contribution in [3.05, 3.63) is 60.2 Å². The van der Waals surface area contributed by atoms with Crippen LogP contribution >= 0.6 is 0 Å². The van der Waals surface area contributed by atoms with Gasteiger partial charge in [-0.25, -0.2) is 0 Å². The third kappa shape index (κ3) is 6.39. The van der Waals surface area contributed by atoms with Crippen LogP contribution in [0.25, 0.3) is 0 Å². The molecule has 136 valence electrons. The first-order chi connectivity index (χ1) is 12.4. The summed E-state index contributed by atoms with van der Waals surface area (Å²) in [6, 6.07) is 15.6. The van der Waals surface area contributed by atoms with E-state index in [0.717, 1.165) is 5.56 Å². The van der Waals surface area contributed by atoms with Crippen LogP contribution in [0, 0.1) is 0 Å².